The standard InChI is InChI=1S/C17H18N2O2/c1-20-17-8-3-2-6-15(17)13-19-12-14-5-4-7-16(11-14)21-10-9-18/h2-8,11,19H,10,12-13H2,1H3. The molecule has 0 bridgehead atoms. The third-order valence-corrected chi connectivity index (χ3v) is 3.04. The molecular formula is C17H18N2O2. The lowest BCUT2D eigenvalue weighted by molar-refractivity contribution is 0.367. The maximum atomic E-state index is 8.51. The minimum atomic E-state index is 0.0676. The van der Waals surface area contributed by atoms with Gasteiger partial charge in [-0.2, -0.15) is 5.26 Å². The van der Waals surface area contributed by atoms with Crippen LogP contribution in [0, 0.1) is 11.3 Å². The predicted molar refractivity (Wildman–Crippen MR) is 81.1 cm³/mol. The molecular weight excluding hydrogens is 264 g/mol. The lowest BCUT2D eigenvalue weighted by atomic mass is 10.2. The van der Waals surface area contributed by atoms with E-state index in [1.54, 1.807) is 7.11 Å². The Balaban J connectivity index is 1.90. The van der Waals surface area contributed by atoms with Crippen LogP contribution >= 0.6 is 0 Å². The summed E-state index contributed by atoms with van der Waals surface area (Å²) in [7, 11) is 1.68. The van der Waals surface area contributed by atoms with Gasteiger partial charge in [0.2, 0.25) is 0 Å². The van der Waals surface area contributed by atoms with Gasteiger partial charge in [0.15, 0.2) is 6.61 Å². The molecule has 0 aliphatic carbocycles. The first-order valence-electron chi connectivity index (χ1n) is 6.75. The Morgan fingerprint density at radius 3 is 2.76 bits per heavy atom. The van der Waals surface area contributed by atoms with Crippen LogP contribution in [0.2, 0.25) is 0 Å². The van der Waals surface area contributed by atoms with Crippen molar-refractivity contribution in [2.75, 3.05) is 13.7 Å². The number of rotatable bonds is 7. The van der Waals surface area contributed by atoms with Crippen molar-refractivity contribution < 1.29 is 9.47 Å². The SMILES string of the molecule is COc1ccccc1CNCc1cccc(OCC#N)c1. The zero-order valence-electron chi connectivity index (χ0n) is 12.0. The quantitative estimate of drug-likeness (QED) is 0.848. The van der Waals surface area contributed by atoms with Crippen molar-refractivity contribution in [3.05, 3.63) is 59.7 Å². The molecule has 108 valence electrons. The highest BCUT2D eigenvalue weighted by atomic mass is 16.5. The smallest absolute Gasteiger partial charge is 0.174 e. The van der Waals surface area contributed by atoms with Crippen molar-refractivity contribution in [2.45, 2.75) is 13.1 Å². The maximum Gasteiger partial charge on any atom is 0.174 e. The first kappa shape index (κ1) is 14.9. The third-order valence-electron chi connectivity index (χ3n) is 3.04. The third kappa shape index (κ3) is 4.51. The van der Waals surface area contributed by atoms with Crippen molar-refractivity contribution >= 4 is 0 Å². The Morgan fingerprint density at radius 2 is 1.95 bits per heavy atom. The number of nitriles is 1. The van der Waals surface area contributed by atoms with Gasteiger partial charge in [0.25, 0.3) is 0 Å². The van der Waals surface area contributed by atoms with Crippen LogP contribution in [0.1, 0.15) is 11.1 Å². The minimum absolute atomic E-state index is 0.0676. The number of hydrogen-bond donors (Lipinski definition) is 1. The van der Waals surface area contributed by atoms with Crippen LogP contribution < -0.4 is 14.8 Å². The molecule has 0 spiro atoms. The number of para-hydroxylation sites is 1. The summed E-state index contributed by atoms with van der Waals surface area (Å²) >= 11 is 0. The fraction of sp³-hybridized carbons (Fsp3) is 0.235. The van der Waals surface area contributed by atoms with Crippen molar-refractivity contribution in [3.8, 4) is 17.6 Å². The average molecular weight is 282 g/mol. The summed E-state index contributed by atoms with van der Waals surface area (Å²) in [4.78, 5) is 0. The van der Waals surface area contributed by atoms with Crippen molar-refractivity contribution in [3.63, 3.8) is 0 Å². The minimum Gasteiger partial charge on any atom is -0.496 e. The molecule has 0 radical (unpaired) electrons. The van der Waals surface area contributed by atoms with Crippen LogP contribution in [-0.4, -0.2) is 13.7 Å². The van der Waals surface area contributed by atoms with Gasteiger partial charge in [-0.3, -0.25) is 0 Å². The second kappa shape index (κ2) is 7.93. The van der Waals surface area contributed by atoms with Crippen LogP contribution in [0.5, 0.6) is 11.5 Å². The van der Waals surface area contributed by atoms with Crippen LogP contribution in [0.4, 0.5) is 0 Å². The zero-order chi connectivity index (χ0) is 14.9. The molecule has 0 unspecified atom stereocenters. The lowest BCUT2D eigenvalue weighted by Gasteiger charge is -2.10. The van der Waals surface area contributed by atoms with E-state index in [1.807, 2.05) is 54.6 Å². The van der Waals surface area contributed by atoms with Crippen LogP contribution in [0.3, 0.4) is 0 Å². The number of hydrogen-bond acceptors (Lipinski definition) is 4. The van der Waals surface area contributed by atoms with E-state index in [0.717, 1.165) is 30.0 Å². The first-order chi connectivity index (χ1) is 10.3. The van der Waals surface area contributed by atoms with Crippen molar-refractivity contribution in [1.29, 1.82) is 5.26 Å². The molecule has 4 heteroatoms. The highest BCUT2D eigenvalue weighted by Gasteiger charge is 2.01. The molecule has 2 rings (SSSR count). The summed E-state index contributed by atoms with van der Waals surface area (Å²) in [6, 6.07) is 17.6. The van der Waals surface area contributed by atoms with Gasteiger partial charge >= 0.3 is 0 Å². The molecule has 2 aromatic carbocycles. The number of nitrogens with zero attached hydrogens (tertiary/aromatic N) is 1. The van der Waals surface area contributed by atoms with Gasteiger partial charge in [0, 0.05) is 18.7 Å². The summed E-state index contributed by atoms with van der Waals surface area (Å²) in [5, 5.41) is 11.9. The van der Waals surface area contributed by atoms with Crippen molar-refractivity contribution in [2.24, 2.45) is 0 Å². The van der Waals surface area contributed by atoms with Gasteiger partial charge in [0.1, 0.15) is 17.6 Å². The van der Waals surface area contributed by atoms with Gasteiger partial charge in [-0.15, -0.1) is 0 Å². The van der Waals surface area contributed by atoms with E-state index in [4.69, 9.17) is 14.7 Å². The average Bonchev–Trinajstić information content (AvgIpc) is 2.54. The topological polar surface area (TPSA) is 54.3 Å². The van der Waals surface area contributed by atoms with E-state index in [9.17, 15) is 0 Å². The highest BCUT2D eigenvalue weighted by Crippen LogP contribution is 2.17. The van der Waals surface area contributed by atoms with Gasteiger partial charge in [-0.25, -0.2) is 0 Å². The molecule has 0 amide bonds. The number of nitrogens with one attached hydrogen (secondary N) is 1. The van der Waals surface area contributed by atoms with E-state index in [-0.39, 0.29) is 6.61 Å². The molecule has 0 atom stereocenters. The number of methoxy groups -OCH3 is 1. The second-order valence-electron chi connectivity index (χ2n) is 4.51. The van der Waals surface area contributed by atoms with Gasteiger partial charge < -0.3 is 14.8 Å². The second-order valence-corrected chi connectivity index (χ2v) is 4.51. The summed E-state index contributed by atoms with van der Waals surface area (Å²) in [5.74, 6) is 1.60. The van der Waals surface area contributed by atoms with E-state index < -0.39 is 0 Å². The molecule has 4 nitrogen and oxygen atoms in total. The van der Waals surface area contributed by atoms with Crippen LogP contribution in [-0.2, 0) is 13.1 Å². The van der Waals surface area contributed by atoms with E-state index >= 15 is 0 Å². The van der Waals surface area contributed by atoms with Gasteiger partial charge in [0.05, 0.1) is 7.11 Å². The Bertz CT molecular complexity index is 620. The van der Waals surface area contributed by atoms with Crippen molar-refractivity contribution in [1.82, 2.24) is 5.32 Å². The number of benzene rings is 2. The molecule has 2 aromatic rings. The Labute approximate surface area is 124 Å². The monoisotopic (exact) mass is 282 g/mol. The first-order valence-corrected chi connectivity index (χ1v) is 6.75. The normalized spacial score (nSPS) is 9.90. The lowest BCUT2D eigenvalue weighted by Crippen LogP contribution is -2.13. The Kier molecular flexibility index (Phi) is 5.62. The van der Waals surface area contributed by atoms with Crippen LogP contribution in [0.25, 0.3) is 0 Å². The maximum absolute atomic E-state index is 8.51. The summed E-state index contributed by atoms with van der Waals surface area (Å²) < 4.78 is 10.6. The predicted octanol–water partition coefficient (Wildman–Crippen LogP) is 2.89. The van der Waals surface area contributed by atoms with Gasteiger partial charge in [-0.05, 0) is 23.8 Å². The molecule has 0 aromatic heterocycles. The summed E-state index contributed by atoms with van der Waals surface area (Å²) in [6.45, 7) is 1.52. The Morgan fingerprint density at radius 1 is 1.10 bits per heavy atom. The molecule has 0 aliphatic rings. The van der Waals surface area contributed by atoms with E-state index in [2.05, 4.69) is 5.32 Å². The molecule has 0 fully saturated rings. The molecule has 0 heterocycles. The molecule has 1 N–H and O–H groups in total. The van der Waals surface area contributed by atoms with Crippen LogP contribution in [0.15, 0.2) is 48.5 Å². The molecule has 0 aliphatic heterocycles. The molecule has 21 heavy (non-hydrogen) atoms. The fourth-order valence-electron chi connectivity index (χ4n) is 2.05. The zero-order valence-corrected chi connectivity index (χ0v) is 12.0. The summed E-state index contributed by atoms with van der Waals surface area (Å²) in [5.41, 5.74) is 2.23. The molecule has 0 saturated heterocycles. The van der Waals surface area contributed by atoms with E-state index in [1.165, 1.54) is 0 Å². The van der Waals surface area contributed by atoms with E-state index in [0.29, 0.717) is 5.75 Å². The molecule has 0 saturated carbocycles. The summed E-state index contributed by atoms with van der Waals surface area (Å²) in [6.07, 6.45) is 0. The highest BCUT2D eigenvalue weighted by molar-refractivity contribution is 5.33. The van der Waals surface area contributed by atoms with Gasteiger partial charge in [-0.1, -0.05) is 30.3 Å². The fourth-order valence-corrected chi connectivity index (χ4v) is 2.05. The number of ether oxygens (including phenoxy) is 2. The largest absolute Gasteiger partial charge is 0.496 e. The Hall–Kier alpha value is -2.51.